The fourth-order valence-corrected chi connectivity index (χ4v) is 2.36. The molecule has 2 aromatic carbocycles. The number of anilines is 1. The normalized spacial score (nSPS) is 11.0. The van der Waals surface area contributed by atoms with Crippen molar-refractivity contribution in [2.45, 2.75) is 20.0 Å². The van der Waals surface area contributed by atoms with Gasteiger partial charge in [-0.25, -0.2) is 0 Å². The van der Waals surface area contributed by atoms with Gasteiger partial charge in [-0.05, 0) is 44.2 Å². The number of ether oxygens (including phenoxy) is 2. The Labute approximate surface area is 157 Å². The molecule has 0 saturated heterocycles. The van der Waals surface area contributed by atoms with Gasteiger partial charge in [0.2, 0.25) is 0 Å². The summed E-state index contributed by atoms with van der Waals surface area (Å²) < 4.78 is 11.0. The minimum absolute atomic E-state index is 0.0660. The zero-order valence-corrected chi connectivity index (χ0v) is 15.5. The molecule has 0 radical (unpaired) electrons. The summed E-state index contributed by atoms with van der Waals surface area (Å²) in [5.41, 5.74) is 0.975. The molecule has 0 spiro atoms. The highest BCUT2D eigenvalue weighted by Crippen LogP contribution is 2.28. The van der Waals surface area contributed by atoms with Crippen LogP contribution in [0.4, 0.5) is 5.69 Å². The summed E-state index contributed by atoms with van der Waals surface area (Å²) in [5.74, 6) is 0.599. The van der Waals surface area contributed by atoms with Crippen LogP contribution in [-0.4, -0.2) is 19.1 Å². The summed E-state index contributed by atoms with van der Waals surface area (Å²) in [6.07, 6.45) is 1.40. The van der Waals surface area contributed by atoms with E-state index in [-0.39, 0.29) is 11.7 Å². The van der Waals surface area contributed by atoms with Crippen molar-refractivity contribution in [2.24, 2.45) is 0 Å². The predicted molar refractivity (Wildman–Crippen MR) is 102 cm³/mol. The van der Waals surface area contributed by atoms with Crippen molar-refractivity contribution in [1.29, 1.82) is 5.26 Å². The Morgan fingerprint density at radius 2 is 2.00 bits per heavy atom. The third kappa shape index (κ3) is 5.01. The second-order valence-electron chi connectivity index (χ2n) is 5.67. The van der Waals surface area contributed by atoms with Gasteiger partial charge in [-0.3, -0.25) is 4.79 Å². The van der Waals surface area contributed by atoms with Crippen molar-refractivity contribution < 1.29 is 14.3 Å². The molecule has 1 N–H and O–H groups in total. The second kappa shape index (κ2) is 8.93. The highest BCUT2D eigenvalue weighted by atomic mass is 35.5. The zero-order chi connectivity index (χ0) is 19.1. The Morgan fingerprint density at radius 3 is 2.62 bits per heavy atom. The van der Waals surface area contributed by atoms with Gasteiger partial charge in [0, 0.05) is 11.6 Å². The number of hydrogen-bond acceptors (Lipinski definition) is 4. The molecule has 0 atom stereocenters. The number of nitrogens with one attached hydrogen (secondary N) is 1. The maximum absolute atomic E-state index is 12.4. The van der Waals surface area contributed by atoms with Gasteiger partial charge in [-0.2, -0.15) is 5.26 Å². The van der Waals surface area contributed by atoms with Crippen LogP contribution in [0.3, 0.4) is 0 Å². The number of methoxy groups -OCH3 is 1. The molecule has 6 heteroatoms. The van der Waals surface area contributed by atoms with Gasteiger partial charge in [-0.1, -0.05) is 23.7 Å². The van der Waals surface area contributed by atoms with Crippen LogP contribution in [0.1, 0.15) is 19.4 Å². The van der Waals surface area contributed by atoms with Crippen LogP contribution in [0, 0.1) is 11.3 Å². The quantitative estimate of drug-likeness (QED) is 0.592. The lowest BCUT2D eigenvalue weighted by molar-refractivity contribution is -0.112. The fourth-order valence-electron chi connectivity index (χ4n) is 2.17. The number of benzene rings is 2. The van der Waals surface area contributed by atoms with Gasteiger partial charge in [0.1, 0.15) is 23.1 Å². The smallest absolute Gasteiger partial charge is 0.266 e. The highest BCUT2D eigenvalue weighted by molar-refractivity contribution is 6.34. The average molecular weight is 371 g/mol. The van der Waals surface area contributed by atoms with E-state index >= 15 is 0 Å². The topological polar surface area (TPSA) is 71.3 Å². The van der Waals surface area contributed by atoms with Crippen LogP contribution < -0.4 is 14.8 Å². The predicted octanol–water partition coefficient (Wildman–Crippen LogP) is 4.68. The van der Waals surface area contributed by atoms with E-state index in [0.29, 0.717) is 27.8 Å². The summed E-state index contributed by atoms with van der Waals surface area (Å²) >= 11 is 6.04. The van der Waals surface area contributed by atoms with Crippen molar-refractivity contribution in [1.82, 2.24) is 0 Å². The first-order chi connectivity index (χ1) is 12.4. The van der Waals surface area contributed by atoms with Gasteiger partial charge in [-0.15, -0.1) is 0 Å². The van der Waals surface area contributed by atoms with Crippen LogP contribution in [0.2, 0.25) is 5.02 Å². The summed E-state index contributed by atoms with van der Waals surface area (Å²) in [6, 6.07) is 13.9. The number of para-hydroxylation sites is 1. The molecule has 0 heterocycles. The Hall–Kier alpha value is -2.97. The molecule has 26 heavy (non-hydrogen) atoms. The summed E-state index contributed by atoms with van der Waals surface area (Å²) in [6.45, 7) is 3.78. The van der Waals surface area contributed by atoms with Crippen molar-refractivity contribution in [3.8, 4) is 17.6 Å². The van der Waals surface area contributed by atoms with Crippen molar-refractivity contribution in [2.75, 3.05) is 12.4 Å². The molecule has 2 rings (SSSR count). The monoisotopic (exact) mass is 370 g/mol. The molecule has 0 saturated carbocycles. The number of amides is 1. The molecule has 2 aromatic rings. The average Bonchev–Trinajstić information content (AvgIpc) is 2.61. The van der Waals surface area contributed by atoms with E-state index in [2.05, 4.69) is 5.32 Å². The highest BCUT2D eigenvalue weighted by Gasteiger charge is 2.14. The van der Waals surface area contributed by atoms with Gasteiger partial charge >= 0.3 is 0 Å². The first-order valence-electron chi connectivity index (χ1n) is 7.97. The lowest BCUT2D eigenvalue weighted by Gasteiger charge is -2.14. The Morgan fingerprint density at radius 1 is 1.27 bits per heavy atom. The number of halogens is 1. The Kier molecular flexibility index (Phi) is 6.65. The number of carbonyl (C=O) groups excluding carboxylic acids is 1. The minimum atomic E-state index is -0.549. The van der Waals surface area contributed by atoms with Gasteiger partial charge < -0.3 is 14.8 Å². The molecular formula is C20H19ClN2O3. The van der Waals surface area contributed by atoms with E-state index in [1.165, 1.54) is 6.08 Å². The van der Waals surface area contributed by atoms with Crippen molar-refractivity contribution in [3.05, 3.63) is 58.6 Å². The fraction of sp³-hybridized carbons (Fsp3) is 0.200. The number of nitrogens with zero attached hydrogens (tertiary/aromatic N) is 1. The lowest BCUT2D eigenvalue weighted by Crippen LogP contribution is -2.14. The molecule has 0 unspecified atom stereocenters. The number of nitriles is 1. The minimum Gasteiger partial charge on any atom is -0.497 e. The Balaban J connectivity index is 2.34. The summed E-state index contributed by atoms with van der Waals surface area (Å²) in [5, 5.41) is 12.4. The van der Waals surface area contributed by atoms with Crippen LogP contribution in [0.25, 0.3) is 6.08 Å². The standard InChI is InChI=1S/C20H19ClN2O3/c1-13(2)26-19-11-16(25-3)9-8-14(19)10-15(12-22)20(24)23-18-7-5-4-6-17(18)21/h4-11,13H,1-3H3,(H,23,24)/b15-10+. The van der Waals surface area contributed by atoms with Crippen molar-refractivity contribution >= 4 is 29.3 Å². The van der Waals surface area contributed by atoms with E-state index in [1.807, 2.05) is 19.9 Å². The number of hydrogen-bond donors (Lipinski definition) is 1. The lowest BCUT2D eigenvalue weighted by atomic mass is 10.1. The Bertz CT molecular complexity index is 870. The second-order valence-corrected chi connectivity index (χ2v) is 6.08. The van der Waals surface area contributed by atoms with E-state index in [9.17, 15) is 10.1 Å². The molecule has 0 aliphatic heterocycles. The zero-order valence-electron chi connectivity index (χ0n) is 14.7. The molecule has 5 nitrogen and oxygen atoms in total. The third-order valence-electron chi connectivity index (χ3n) is 3.37. The van der Waals surface area contributed by atoms with Gasteiger partial charge in [0.25, 0.3) is 5.91 Å². The van der Waals surface area contributed by atoms with E-state index in [0.717, 1.165) is 0 Å². The first-order valence-corrected chi connectivity index (χ1v) is 8.34. The largest absolute Gasteiger partial charge is 0.497 e. The molecule has 1 amide bonds. The summed E-state index contributed by atoms with van der Waals surface area (Å²) in [7, 11) is 1.56. The van der Waals surface area contributed by atoms with Crippen LogP contribution in [-0.2, 0) is 4.79 Å². The van der Waals surface area contributed by atoms with Gasteiger partial charge in [0.05, 0.1) is 23.9 Å². The molecular weight excluding hydrogens is 352 g/mol. The van der Waals surface area contributed by atoms with E-state index < -0.39 is 5.91 Å². The molecule has 0 aliphatic carbocycles. The van der Waals surface area contributed by atoms with E-state index in [4.69, 9.17) is 21.1 Å². The molecule has 0 fully saturated rings. The van der Waals surface area contributed by atoms with Crippen LogP contribution in [0.15, 0.2) is 48.0 Å². The first kappa shape index (κ1) is 19.4. The maximum atomic E-state index is 12.4. The van der Waals surface area contributed by atoms with Crippen LogP contribution in [0.5, 0.6) is 11.5 Å². The SMILES string of the molecule is COc1ccc(/C=C(\C#N)C(=O)Nc2ccccc2Cl)c(OC(C)C)c1. The van der Waals surface area contributed by atoms with Gasteiger partial charge in [0.15, 0.2) is 0 Å². The molecule has 0 aliphatic rings. The maximum Gasteiger partial charge on any atom is 0.266 e. The number of rotatable bonds is 6. The summed E-state index contributed by atoms with van der Waals surface area (Å²) in [4.78, 5) is 12.4. The third-order valence-corrected chi connectivity index (χ3v) is 3.70. The van der Waals surface area contributed by atoms with Crippen molar-refractivity contribution in [3.63, 3.8) is 0 Å². The van der Waals surface area contributed by atoms with E-state index in [1.54, 1.807) is 49.6 Å². The van der Waals surface area contributed by atoms with Crippen LogP contribution >= 0.6 is 11.6 Å². The molecule has 0 aromatic heterocycles. The molecule has 134 valence electrons. The molecule has 0 bridgehead atoms. The number of carbonyl (C=O) groups is 1.